The molecule has 3 aromatic rings. The lowest BCUT2D eigenvalue weighted by Crippen LogP contribution is -2.26. The predicted molar refractivity (Wildman–Crippen MR) is 146 cm³/mol. The number of carbonyl (C=O) groups excluding carboxylic acids is 3. The monoisotopic (exact) mass is 558 g/mol. The fraction of sp³-hybridized carbons (Fsp3) is 0.259. The van der Waals surface area contributed by atoms with E-state index in [1.807, 2.05) is 37.3 Å². The largest absolute Gasteiger partial charge is 0.478 e. The number of amides is 2. The number of thiophene rings is 1. The number of aryl methyl sites for hydroxylation is 1. The van der Waals surface area contributed by atoms with Gasteiger partial charge in [0.1, 0.15) is 29.4 Å². The third kappa shape index (κ3) is 7.64. The van der Waals surface area contributed by atoms with E-state index in [1.54, 1.807) is 20.8 Å². The average Bonchev–Trinajstić information content (AvgIpc) is 3.15. The molecule has 0 fully saturated rings. The molecule has 0 aliphatic heterocycles. The number of carboxylic acid groups (broad SMARTS) is 1. The highest BCUT2D eigenvalue weighted by Crippen LogP contribution is 2.40. The molecule has 0 spiro atoms. The molecule has 9 nitrogen and oxygen atoms in total. The third-order valence-electron chi connectivity index (χ3n) is 4.96. The summed E-state index contributed by atoms with van der Waals surface area (Å²) in [6.45, 7) is 6.13. The Morgan fingerprint density at radius 1 is 0.974 bits per heavy atom. The zero-order valence-electron chi connectivity index (χ0n) is 21.2. The van der Waals surface area contributed by atoms with E-state index in [0.717, 1.165) is 10.4 Å². The highest BCUT2D eigenvalue weighted by Gasteiger charge is 2.28. The van der Waals surface area contributed by atoms with Crippen LogP contribution >= 0.6 is 22.9 Å². The summed E-state index contributed by atoms with van der Waals surface area (Å²) in [5.41, 5.74) is 0.827. The standard InChI is InChI=1S/C27H27ClN2O7S/c1-15-22(16-8-6-5-7-9-16)23(26(35)37-27(2,3)4)24(38-15)30-21(32)14-36-13-20(31)29-19-11-10-17(28)12-18(19)25(33)34/h5-12H,13-14H2,1-4H3,(H,29,31)(H,30,32)(H,33,34). The van der Waals surface area contributed by atoms with Gasteiger partial charge >= 0.3 is 11.9 Å². The summed E-state index contributed by atoms with van der Waals surface area (Å²) in [4.78, 5) is 50.2. The Morgan fingerprint density at radius 2 is 1.61 bits per heavy atom. The Balaban J connectivity index is 1.70. The number of ether oxygens (including phenoxy) is 2. The summed E-state index contributed by atoms with van der Waals surface area (Å²) < 4.78 is 10.8. The maximum Gasteiger partial charge on any atom is 0.342 e. The van der Waals surface area contributed by atoms with E-state index in [-0.39, 0.29) is 21.8 Å². The zero-order chi connectivity index (χ0) is 28.0. The minimum absolute atomic E-state index is 0.0458. The lowest BCUT2D eigenvalue weighted by Gasteiger charge is -2.20. The van der Waals surface area contributed by atoms with Gasteiger partial charge in [-0.2, -0.15) is 0 Å². The van der Waals surface area contributed by atoms with Gasteiger partial charge in [0.15, 0.2) is 0 Å². The quantitative estimate of drug-likeness (QED) is 0.290. The van der Waals surface area contributed by atoms with Crippen LogP contribution in [0.15, 0.2) is 48.5 Å². The van der Waals surface area contributed by atoms with Crippen LogP contribution in [0.2, 0.25) is 5.02 Å². The van der Waals surface area contributed by atoms with Crippen molar-refractivity contribution in [1.82, 2.24) is 0 Å². The zero-order valence-corrected chi connectivity index (χ0v) is 22.8. The van der Waals surface area contributed by atoms with Crippen molar-refractivity contribution in [2.24, 2.45) is 0 Å². The molecule has 38 heavy (non-hydrogen) atoms. The number of nitrogens with one attached hydrogen (secondary N) is 2. The van der Waals surface area contributed by atoms with Crippen molar-refractivity contribution < 1.29 is 33.8 Å². The van der Waals surface area contributed by atoms with Crippen LogP contribution in [-0.2, 0) is 19.1 Å². The number of aromatic carboxylic acids is 1. The summed E-state index contributed by atoms with van der Waals surface area (Å²) in [5.74, 6) is -3.07. The second kappa shape index (κ2) is 12.2. The molecule has 0 aliphatic rings. The fourth-order valence-corrected chi connectivity index (χ4v) is 4.75. The first-order valence-electron chi connectivity index (χ1n) is 11.5. The van der Waals surface area contributed by atoms with Gasteiger partial charge in [-0.05, 0) is 51.5 Å². The highest BCUT2D eigenvalue weighted by molar-refractivity contribution is 7.17. The Bertz CT molecular complexity index is 1360. The summed E-state index contributed by atoms with van der Waals surface area (Å²) in [6, 6.07) is 13.3. The van der Waals surface area contributed by atoms with Crippen LogP contribution in [0, 0.1) is 6.92 Å². The molecule has 0 aliphatic carbocycles. The fourth-order valence-electron chi connectivity index (χ4n) is 3.50. The van der Waals surface area contributed by atoms with Crippen molar-refractivity contribution in [3.05, 3.63) is 69.6 Å². The molecule has 200 valence electrons. The average molecular weight is 559 g/mol. The topological polar surface area (TPSA) is 131 Å². The third-order valence-corrected chi connectivity index (χ3v) is 6.21. The van der Waals surface area contributed by atoms with Crippen molar-refractivity contribution in [1.29, 1.82) is 0 Å². The Kier molecular flexibility index (Phi) is 9.26. The molecule has 3 rings (SSSR count). The van der Waals surface area contributed by atoms with Crippen LogP contribution in [0.4, 0.5) is 10.7 Å². The Morgan fingerprint density at radius 3 is 2.21 bits per heavy atom. The molecule has 0 saturated heterocycles. The normalized spacial score (nSPS) is 11.1. The van der Waals surface area contributed by atoms with Gasteiger partial charge < -0.3 is 25.2 Å². The van der Waals surface area contributed by atoms with Crippen molar-refractivity contribution in [3.63, 3.8) is 0 Å². The first-order chi connectivity index (χ1) is 17.9. The molecule has 2 amide bonds. The number of esters is 1. The van der Waals surface area contributed by atoms with E-state index in [9.17, 15) is 24.3 Å². The van der Waals surface area contributed by atoms with Crippen LogP contribution in [0.3, 0.4) is 0 Å². The number of halogens is 1. The molecule has 0 saturated carbocycles. The van der Waals surface area contributed by atoms with Gasteiger partial charge in [0.05, 0.1) is 11.3 Å². The predicted octanol–water partition coefficient (Wildman–Crippen LogP) is 5.62. The van der Waals surface area contributed by atoms with E-state index in [0.29, 0.717) is 10.6 Å². The lowest BCUT2D eigenvalue weighted by atomic mass is 10.0. The molecule has 0 unspecified atom stereocenters. The molecule has 11 heteroatoms. The van der Waals surface area contributed by atoms with Crippen molar-refractivity contribution >= 4 is 57.4 Å². The van der Waals surface area contributed by atoms with E-state index in [1.165, 1.54) is 29.5 Å². The van der Waals surface area contributed by atoms with Gasteiger partial charge in [0, 0.05) is 15.5 Å². The first-order valence-corrected chi connectivity index (χ1v) is 12.7. The molecular weight excluding hydrogens is 532 g/mol. The van der Waals surface area contributed by atoms with Crippen LogP contribution in [0.5, 0.6) is 0 Å². The maximum atomic E-state index is 13.1. The summed E-state index contributed by atoms with van der Waals surface area (Å²) in [6.07, 6.45) is 0. The van der Waals surface area contributed by atoms with Crippen molar-refractivity contribution in [2.45, 2.75) is 33.3 Å². The first kappa shape index (κ1) is 28.8. The van der Waals surface area contributed by atoms with E-state index >= 15 is 0 Å². The minimum Gasteiger partial charge on any atom is -0.478 e. The van der Waals surface area contributed by atoms with Gasteiger partial charge in [-0.15, -0.1) is 11.3 Å². The van der Waals surface area contributed by atoms with Gasteiger partial charge in [0.2, 0.25) is 5.91 Å². The maximum absolute atomic E-state index is 13.1. The van der Waals surface area contributed by atoms with Gasteiger partial charge in [-0.25, -0.2) is 9.59 Å². The summed E-state index contributed by atoms with van der Waals surface area (Å²) >= 11 is 7.05. The van der Waals surface area contributed by atoms with Crippen LogP contribution in [0.1, 0.15) is 46.4 Å². The van der Waals surface area contributed by atoms with Crippen molar-refractivity contribution in [3.8, 4) is 11.1 Å². The van der Waals surface area contributed by atoms with Crippen LogP contribution < -0.4 is 10.6 Å². The molecule has 3 N–H and O–H groups in total. The second-order valence-electron chi connectivity index (χ2n) is 9.19. The Hall–Kier alpha value is -3.73. The molecule has 0 atom stereocenters. The van der Waals surface area contributed by atoms with Gasteiger partial charge in [0.25, 0.3) is 5.91 Å². The smallest absolute Gasteiger partial charge is 0.342 e. The SMILES string of the molecule is Cc1sc(NC(=O)COCC(=O)Nc2ccc(Cl)cc2C(=O)O)c(C(=O)OC(C)(C)C)c1-c1ccccc1. The summed E-state index contributed by atoms with van der Waals surface area (Å²) in [7, 11) is 0. The molecule has 0 bridgehead atoms. The number of benzene rings is 2. The molecule has 1 heterocycles. The van der Waals surface area contributed by atoms with Crippen LogP contribution in [0.25, 0.3) is 11.1 Å². The molecule has 1 aromatic heterocycles. The van der Waals surface area contributed by atoms with Crippen LogP contribution in [-0.4, -0.2) is 47.7 Å². The highest BCUT2D eigenvalue weighted by atomic mass is 35.5. The number of carboxylic acids is 1. The number of carbonyl (C=O) groups is 4. The van der Waals surface area contributed by atoms with E-state index in [2.05, 4.69) is 10.6 Å². The molecular formula is C27H27ClN2O7S. The second-order valence-corrected chi connectivity index (χ2v) is 10.9. The number of anilines is 2. The lowest BCUT2D eigenvalue weighted by molar-refractivity contribution is -0.125. The van der Waals surface area contributed by atoms with E-state index in [4.69, 9.17) is 21.1 Å². The molecule has 0 radical (unpaired) electrons. The Labute approximate surface area is 228 Å². The van der Waals surface area contributed by atoms with Gasteiger partial charge in [-0.3, -0.25) is 9.59 Å². The minimum atomic E-state index is -1.26. The van der Waals surface area contributed by atoms with Gasteiger partial charge in [-0.1, -0.05) is 41.9 Å². The summed E-state index contributed by atoms with van der Waals surface area (Å²) in [5, 5.41) is 14.9. The van der Waals surface area contributed by atoms with E-state index < -0.39 is 42.6 Å². The number of hydrogen-bond acceptors (Lipinski definition) is 7. The number of rotatable bonds is 9. The van der Waals surface area contributed by atoms with Crippen molar-refractivity contribution in [2.75, 3.05) is 23.8 Å². The number of hydrogen-bond donors (Lipinski definition) is 3. The molecule has 2 aromatic carbocycles.